The second-order valence-electron chi connectivity index (χ2n) is 4.85. The topological polar surface area (TPSA) is 51.5 Å². The molecule has 0 spiro atoms. The Kier molecular flexibility index (Phi) is 5.02. The summed E-state index contributed by atoms with van der Waals surface area (Å²) in [6.07, 6.45) is -1.18. The van der Waals surface area contributed by atoms with E-state index in [-0.39, 0.29) is 17.9 Å². The first-order valence-electron chi connectivity index (χ1n) is 6.63. The largest absolute Gasteiger partial charge is 0.463 e. The van der Waals surface area contributed by atoms with Crippen LogP contribution in [0, 0.1) is 5.92 Å². The summed E-state index contributed by atoms with van der Waals surface area (Å²) in [4.78, 5) is 3.41. The third-order valence-corrected chi connectivity index (χ3v) is 3.13. The fourth-order valence-electron chi connectivity index (χ4n) is 1.92. The molecule has 1 heterocycles. The first kappa shape index (κ1) is 17.0. The van der Waals surface area contributed by atoms with Crippen molar-refractivity contribution < 1.29 is 26.4 Å². The minimum Gasteiger partial charge on any atom is -0.463 e. The lowest BCUT2D eigenvalue weighted by atomic mass is 9.99. The van der Waals surface area contributed by atoms with Gasteiger partial charge in [-0.15, -0.1) is 0 Å². The van der Waals surface area contributed by atoms with E-state index in [1.807, 2.05) is 0 Å². The highest BCUT2D eigenvalue weighted by molar-refractivity contribution is 6.03. The fraction of sp³-hybridized carbons (Fsp3) is 0.267. The van der Waals surface area contributed by atoms with Crippen LogP contribution in [0.1, 0.15) is 12.2 Å². The second kappa shape index (κ2) is 6.80. The molecule has 1 aliphatic rings. The summed E-state index contributed by atoms with van der Waals surface area (Å²) in [6, 6.07) is 2.88. The van der Waals surface area contributed by atoms with E-state index in [2.05, 4.69) is 4.99 Å². The van der Waals surface area contributed by atoms with Crippen molar-refractivity contribution in [1.82, 2.24) is 0 Å². The number of hydrogen-bond donors (Lipinski definition) is 1. The molecule has 1 atom stereocenters. The van der Waals surface area contributed by atoms with Gasteiger partial charge in [0.25, 0.3) is 0 Å². The van der Waals surface area contributed by atoms with Crippen molar-refractivity contribution in [3.8, 4) is 0 Å². The van der Waals surface area contributed by atoms with Gasteiger partial charge in [0, 0.05) is 18.5 Å². The molecule has 0 unspecified atom stereocenters. The van der Waals surface area contributed by atoms with Crippen LogP contribution in [0.25, 0.3) is 5.70 Å². The van der Waals surface area contributed by atoms with Gasteiger partial charge in [-0.25, -0.2) is 8.78 Å². The van der Waals surface area contributed by atoms with E-state index in [1.54, 1.807) is 0 Å². The molecule has 0 radical (unpaired) electrons. The number of furan rings is 1. The molecule has 2 rings (SSSR count). The lowest BCUT2D eigenvalue weighted by Gasteiger charge is -2.15. The number of nitrogens with zero attached hydrogens (tertiary/aromatic N) is 1. The van der Waals surface area contributed by atoms with Crippen molar-refractivity contribution in [2.75, 3.05) is 6.54 Å². The minimum absolute atomic E-state index is 0.0554. The molecule has 0 bridgehead atoms. The summed E-state index contributed by atoms with van der Waals surface area (Å²) in [7, 11) is 0. The van der Waals surface area contributed by atoms with Gasteiger partial charge in [0.1, 0.15) is 23.1 Å². The quantitative estimate of drug-likeness (QED) is 0.660. The Balaban J connectivity index is 2.20. The molecule has 1 aromatic heterocycles. The summed E-state index contributed by atoms with van der Waals surface area (Å²) in [5.74, 6) is -2.44. The molecule has 0 aromatic carbocycles. The van der Waals surface area contributed by atoms with Gasteiger partial charge >= 0.3 is 6.18 Å². The Morgan fingerprint density at radius 3 is 2.70 bits per heavy atom. The van der Waals surface area contributed by atoms with Gasteiger partial charge in [-0.05, 0) is 30.7 Å². The highest BCUT2D eigenvalue weighted by atomic mass is 19.4. The summed E-state index contributed by atoms with van der Waals surface area (Å²) in [6.45, 7) is -0.469. The Labute approximate surface area is 128 Å². The Bertz CT molecular complexity index is 669. The van der Waals surface area contributed by atoms with Gasteiger partial charge in [0.15, 0.2) is 0 Å². The van der Waals surface area contributed by atoms with Crippen molar-refractivity contribution in [2.45, 2.75) is 12.6 Å². The van der Waals surface area contributed by atoms with Crippen LogP contribution in [0.3, 0.4) is 0 Å². The van der Waals surface area contributed by atoms with Crippen LogP contribution in [0.4, 0.5) is 22.0 Å². The first-order chi connectivity index (χ1) is 10.8. The molecular weight excluding hydrogens is 319 g/mol. The smallest absolute Gasteiger partial charge is 0.432 e. The van der Waals surface area contributed by atoms with Gasteiger partial charge in [-0.2, -0.15) is 13.2 Å². The van der Waals surface area contributed by atoms with E-state index in [4.69, 9.17) is 10.2 Å². The van der Waals surface area contributed by atoms with Gasteiger partial charge in [-0.1, -0.05) is 0 Å². The van der Waals surface area contributed by atoms with Crippen LogP contribution >= 0.6 is 0 Å². The number of hydrogen-bond acceptors (Lipinski definition) is 3. The molecule has 23 heavy (non-hydrogen) atoms. The molecule has 3 nitrogen and oxygen atoms in total. The van der Waals surface area contributed by atoms with E-state index in [0.717, 1.165) is 6.08 Å². The Morgan fingerprint density at radius 1 is 1.39 bits per heavy atom. The summed E-state index contributed by atoms with van der Waals surface area (Å²) < 4.78 is 70.2. The molecule has 0 fully saturated rings. The number of alkyl halides is 3. The number of allylic oxidation sites excluding steroid dienone is 4. The Hall–Kier alpha value is -2.38. The maximum atomic E-state index is 13.5. The summed E-state index contributed by atoms with van der Waals surface area (Å²) >= 11 is 0. The molecule has 124 valence electrons. The van der Waals surface area contributed by atoms with Crippen LogP contribution in [0.2, 0.25) is 0 Å². The van der Waals surface area contributed by atoms with Crippen LogP contribution < -0.4 is 5.73 Å². The molecule has 0 aliphatic heterocycles. The molecule has 1 aliphatic carbocycles. The summed E-state index contributed by atoms with van der Waals surface area (Å²) in [5, 5.41) is 0. The van der Waals surface area contributed by atoms with Crippen molar-refractivity contribution in [2.24, 2.45) is 16.6 Å². The maximum Gasteiger partial charge on any atom is 0.432 e. The van der Waals surface area contributed by atoms with Crippen molar-refractivity contribution in [3.05, 3.63) is 54.0 Å². The molecule has 8 heteroatoms. The zero-order valence-corrected chi connectivity index (χ0v) is 11.8. The zero-order valence-electron chi connectivity index (χ0n) is 11.8. The summed E-state index contributed by atoms with van der Waals surface area (Å²) in [5.41, 5.74) is 4.02. The first-order valence-corrected chi connectivity index (χ1v) is 6.63. The van der Waals surface area contributed by atoms with Gasteiger partial charge in [0.05, 0.1) is 12.0 Å². The molecule has 0 amide bonds. The van der Waals surface area contributed by atoms with E-state index in [9.17, 15) is 22.0 Å². The molecule has 0 saturated carbocycles. The lowest BCUT2D eigenvalue weighted by molar-refractivity contribution is -0.0579. The third-order valence-electron chi connectivity index (χ3n) is 3.13. The highest BCUT2D eigenvalue weighted by Crippen LogP contribution is 2.27. The van der Waals surface area contributed by atoms with Gasteiger partial charge < -0.3 is 10.2 Å². The average molecular weight is 332 g/mol. The molecule has 1 aromatic rings. The fourth-order valence-corrected chi connectivity index (χ4v) is 1.92. The SMILES string of the molecule is NC(=CC(=NC[C@H]1CC=C(F)C=C1F)C(F)(F)F)c1ccco1. The van der Waals surface area contributed by atoms with Crippen molar-refractivity contribution in [1.29, 1.82) is 0 Å². The monoisotopic (exact) mass is 332 g/mol. The van der Waals surface area contributed by atoms with Crippen molar-refractivity contribution >= 4 is 11.4 Å². The van der Waals surface area contributed by atoms with Crippen LogP contribution in [0.15, 0.2) is 57.7 Å². The number of halogens is 5. The van der Waals surface area contributed by atoms with Crippen LogP contribution in [0.5, 0.6) is 0 Å². The standard InChI is InChI=1S/C15H13F5N2O/c16-10-4-3-9(11(17)6-10)8-22-14(15(18,19)20)7-12(21)13-2-1-5-23-13/h1-2,4-7,9H,3,8,21H2/t9-/m1/s1. The van der Waals surface area contributed by atoms with E-state index < -0.39 is 36.0 Å². The van der Waals surface area contributed by atoms with E-state index >= 15 is 0 Å². The normalized spacial score (nSPS) is 20.3. The average Bonchev–Trinajstić information content (AvgIpc) is 2.97. The van der Waals surface area contributed by atoms with Crippen LogP contribution in [-0.2, 0) is 0 Å². The predicted octanol–water partition coefficient (Wildman–Crippen LogP) is 4.31. The lowest BCUT2D eigenvalue weighted by Crippen LogP contribution is -2.23. The molecule has 2 N–H and O–H groups in total. The maximum absolute atomic E-state index is 13.5. The molecular formula is C15H13F5N2O. The van der Waals surface area contributed by atoms with E-state index in [0.29, 0.717) is 12.2 Å². The van der Waals surface area contributed by atoms with Gasteiger partial charge in [-0.3, -0.25) is 4.99 Å². The number of aliphatic imine (C=N–C) groups is 1. The zero-order chi connectivity index (χ0) is 17.0. The van der Waals surface area contributed by atoms with Crippen LogP contribution in [-0.4, -0.2) is 18.4 Å². The number of rotatable bonds is 4. The highest BCUT2D eigenvalue weighted by Gasteiger charge is 2.35. The van der Waals surface area contributed by atoms with Crippen molar-refractivity contribution in [3.63, 3.8) is 0 Å². The Morgan fingerprint density at radius 2 is 2.13 bits per heavy atom. The number of nitrogens with two attached hydrogens (primary N) is 1. The predicted molar refractivity (Wildman–Crippen MR) is 75.7 cm³/mol. The molecule has 0 saturated heterocycles. The van der Waals surface area contributed by atoms with Gasteiger partial charge in [0.2, 0.25) is 0 Å². The second-order valence-corrected chi connectivity index (χ2v) is 4.85. The van der Waals surface area contributed by atoms with E-state index in [1.165, 1.54) is 18.4 Å². The third kappa shape index (κ3) is 4.54. The minimum atomic E-state index is -4.76.